The van der Waals surface area contributed by atoms with E-state index in [1.807, 2.05) is 0 Å². The van der Waals surface area contributed by atoms with Crippen LogP contribution in [0.3, 0.4) is 0 Å². The van der Waals surface area contributed by atoms with Crippen LogP contribution in [0.4, 0.5) is 5.13 Å². The van der Waals surface area contributed by atoms with Crippen LogP contribution in [-0.2, 0) is 11.3 Å². The predicted molar refractivity (Wildman–Crippen MR) is 81.0 cm³/mol. The van der Waals surface area contributed by atoms with Crippen LogP contribution < -0.4 is 10.2 Å². The highest BCUT2D eigenvalue weighted by Gasteiger charge is 2.23. The van der Waals surface area contributed by atoms with Crippen molar-refractivity contribution in [3.05, 3.63) is 11.1 Å². The number of nitrogens with zero attached hydrogens (tertiary/aromatic N) is 2. The molecule has 1 aromatic heterocycles. The summed E-state index contributed by atoms with van der Waals surface area (Å²) >= 11 is 1.78. The Bertz CT molecular complexity index is 369. The van der Waals surface area contributed by atoms with E-state index in [1.165, 1.54) is 37.4 Å². The number of hydrogen-bond donors (Lipinski definition) is 1. The first-order valence-corrected chi connectivity index (χ1v) is 8.13. The summed E-state index contributed by atoms with van der Waals surface area (Å²) in [6.07, 6.45) is 5.21. The van der Waals surface area contributed by atoms with Crippen LogP contribution in [0.2, 0.25) is 0 Å². The fourth-order valence-corrected chi connectivity index (χ4v) is 3.50. The Morgan fingerprint density at radius 2 is 2.42 bits per heavy atom. The second-order valence-corrected chi connectivity index (χ2v) is 5.88. The van der Waals surface area contributed by atoms with E-state index in [0.29, 0.717) is 6.04 Å². The molecular weight excluding hydrogens is 258 g/mol. The second-order valence-electron chi connectivity index (χ2n) is 5.04. The molecular formula is C14H25N3OS. The van der Waals surface area contributed by atoms with E-state index in [2.05, 4.69) is 22.5 Å². The molecule has 19 heavy (non-hydrogen) atoms. The van der Waals surface area contributed by atoms with Crippen molar-refractivity contribution in [3.8, 4) is 0 Å². The number of aromatic nitrogens is 1. The molecule has 0 spiro atoms. The number of nitrogens with one attached hydrogen (secondary N) is 1. The Kier molecular flexibility index (Phi) is 6.07. The SMILES string of the molecule is CCC1CCCCN1c1nc(CNCCOC)cs1. The summed E-state index contributed by atoms with van der Waals surface area (Å²) in [7, 11) is 1.73. The molecule has 1 atom stereocenters. The third-order valence-electron chi connectivity index (χ3n) is 3.67. The Hall–Kier alpha value is -0.650. The lowest BCUT2D eigenvalue weighted by Crippen LogP contribution is -2.39. The minimum Gasteiger partial charge on any atom is -0.383 e. The zero-order valence-electron chi connectivity index (χ0n) is 12.0. The number of methoxy groups -OCH3 is 1. The molecule has 2 heterocycles. The molecule has 1 aliphatic rings. The van der Waals surface area contributed by atoms with Gasteiger partial charge in [0.25, 0.3) is 0 Å². The molecule has 0 bridgehead atoms. The first kappa shape index (κ1) is 14.8. The lowest BCUT2D eigenvalue weighted by atomic mass is 10.0. The fourth-order valence-electron chi connectivity index (χ4n) is 2.58. The van der Waals surface area contributed by atoms with Crippen LogP contribution in [0, 0.1) is 0 Å². The van der Waals surface area contributed by atoms with Crippen LogP contribution in [0.5, 0.6) is 0 Å². The third-order valence-corrected chi connectivity index (χ3v) is 4.60. The molecule has 1 aromatic rings. The Balaban J connectivity index is 1.88. The standard InChI is InChI=1S/C14H25N3OS/c1-3-13-6-4-5-8-17(13)14-16-12(11-19-14)10-15-7-9-18-2/h11,13,15H,3-10H2,1-2H3. The number of ether oxygens (including phenoxy) is 1. The second kappa shape index (κ2) is 7.82. The summed E-state index contributed by atoms with van der Waals surface area (Å²) in [6, 6.07) is 0.689. The molecule has 0 amide bonds. The molecule has 1 unspecified atom stereocenters. The molecule has 0 saturated carbocycles. The maximum absolute atomic E-state index is 5.02. The van der Waals surface area contributed by atoms with Gasteiger partial charge in [0.2, 0.25) is 0 Å². The van der Waals surface area contributed by atoms with Gasteiger partial charge in [0, 0.05) is 38.2 Å². The predicted octanol–water partition coefficient (Wildman–Crippen LogP) is 2.65. The number of rotatable bonds is 7. The van der Waals surface area contributed by atoms with Crippen molar-refractivity contribution in [3.63, 3.8) is 0 Å². The first-order valence-electron chi connectivity index (χ1n) is 7.25. The maximum Gasteiger partial charge on any atom is 0.185 e. The topological polar surface area (TPSA) is 37.4 Å². The van der Waals surface area contributed by atoms with Crippen LogP contribution in [0.1, 0.15) is 38.3 Å². The molecule has 5 heteroatoms. The van der Waals surface area contributed by atoms with E-state index in [9.17, 15) is 0 Å². The zero-order chi connectivity index (χ0) is 13.5. The minimum atomic E-state index is 0.689. The quantitative estimate of drug-likeness (QED) is 0.781. The van der Waals surface area contributed by atoms with Crippen molar-refractivity contribution >= 4 is 16.5 Å². The van der Waals surface area contributed by atoms with Crippen molar-refractivity contribution in [2.24, 2.45) is 0 Å². The largest absolute Gasteiger partial charge is 0.383 e. The summed E-state index contributed by atoms with van der Waals surface area (Å²) in [6.45, 7) is 5.92. The first-order chi connectivity index (χ1) is 9.35. The average Bonchev–Trinajstić information content (AvgIpc) is 2.92. The van der Waals surface area contributed by atoms with Gasteiger partial charge in [-0.25, -0.2) is 4.98 Å². The van der Waals surface area contributed by atoms with Gasteiger partial charge in [-0.05, 0) is 25.7 Å². The third kappa shape index (κ3) is 4.16. The van der Waals surface area contributed by atoms with Gasteiger partial charge in [-0.15, -0.1) is 11.3 Å². The van der Waals surface area contributed by atoms with Gasteiger partial charge in [0.05, 0.1) is 12.3 Å². The normalized spacial score (nSPS) is 19.9. The van der Waals surface area contributed by atoms with E-state index < -0.39 is 0 Å². The number of anilines is 1. The summed E-state index contributed by atoms with van der Waals surface area (Å²) in [5, 5.41) is 6.73. The van der Waals surface area contributed by atoms with Gasteiger partial charge in [0.1, 0.15) is 0 Å². The number of thiazole rings is 1. The molecule has 0 radical (unpaired) electrons. The molecule has 2 rings (SSSR count). The summed E-state index contributed by atoms with van der Waals surface area (Å²) < 4.78 is 5.02. The fraction of sp³-hybridized carbons (Fsp3) is 0.786. The van der Waals surface area contributed by atoms with Crippen LogP contribution in [0.15, 0.2) is 5.38 Å². The monoisotopic (exact) mass is 283 g/mol. The highest BCUT2D eigenvalue weighted by molar-refractivity contribution is 7.13. The smallest absolute Gasteiger partial charge is 0.185 e. The highest BCUT2D eigenvalue weighted by Crippen LogP contribution is 2.29. The molecule has 1 aliphatic heterocycles. The van der Waals surface area contributed by atoms with E-state index in [4.69, 9.17) is 9.72 Å². The van der Waals surface area contributed by atoms with E-state index in [-0.39, 0.29) is 0 Å². The summed E-state index contributed by atoms with van der Waals surface area (Å²) in [4.78, 5) is 7.28. The van der Waals surface area contributed by atoms with Gasteiger partial charge < -0.3 is 15.0 Å². The van der Waals surface area contributed by atoms with E-state index >= 15 is 0 Å². The Morgan fingerprint density at radius 1 is 1.53 bits per heavy atom. The van der Waals surface area contributed by atoms with Gasteiger partial charge in [-0.1, -0.05) is 6.92 Å². The van der Waals surface area contributed by atoms with Gasteiger partial charge in [-0.3, -0.25) is 0 Å². The Labute approximate surface area is 120 Å². The lowest BCUT2D eigenvalue weighted by Gasteiger charge is -2.35. The minimum absolute atomic E-state index is 0.689. The van der Waals surface area contributed by atoms with Gasteiger partial charge >= 0.3 is 0 Å². The van der Waals surface area contributed by atoms with Crippen molar-refractivity contribution in [1.82, 2.24) is 10.3 Å². The maximum atomic E-state index is 5.02. The van der Waals surface area contributed by atoms with Crippen LogP contribution >= 0.6 is 11.3 Å². The number of hydrogen-bond acceptors (Lipinski definition) is 5. The molecule has 1 saturated heterocycles. The van der Waals surface area contributed by atoms with Gasteiger partial charge in [0.15, 0.2) is 5.13 Å². The molecule has 4 nitrogen and oxygen atoms in total. The summed E-state index contributed by atoms with van der Waals surface area (Å²) in [5.74, 6) is 0. The van der Waals surface area contributed by atoms with Gasteiger partial charge in [-0.2, -0.15) is 0 Å². The van der Waals surface area contributed by atoms with Crippen LogP contribution in [-0.4, -0.2) is 37.8 Å². The van der Waals surface area contributed by atoms with Crippen LogP contribution in [0.25, 0.3) is 0 Å². The molecule has 0 aromatic carbocycles. The van der Waals surface area contributed by atoms with Crippen molar-refractivity contribution in [1.29, 1.82) is 0 Å². The van der Waals surface area contributed by atoms with E-state index in [1.54, 1.807) is 18.4 Å². The Morgan fingerprint density at radius 3 is 3.21 bits per heavy atom. The molecule has 1 fully saturated rings. The van der Waals surface area contributed by atoms with Crippen molar-refractivity contribution in [2.75, 3.05) is 31.7 Å². The van der Waals surface area contributed by atoms with Crippen molar-refractivity contribution in [2.45, 2.75) is 45.2 Å². The highest BCUT2D eigenvalue weighted by atomic mass is 32.1. The summed E-state index contributed by atoms with van der Waals surface area (Å²) in [5.41, 5.74) is 1.15. The lowest BCUT2D eigenvalue weighted by molar-refractivity contribution is 0.199. The number of piperidine rings is 1. The zero-order valence-corrected chi connectivity index (χ0v) is 12.8. The molecule has 108 valence electrons. The van der Waals surface area contributed by atoms with Crippen molar-refractivity contribution < 1.29 is 4.74 Å². The average molecular weight is 283 g/mol. The molecule has 0 aliphatic carbocycles. The molecule has 1 N–H and O–H groups in total. The van der Waals surface area contributed by atoms with E-state index in [0.717, 1.165) is 25.4 Å².